The van der Waals surface area contributed by atoms with Gasteiger partial charge in [-0.1, -0.05) is 73.3 Å². The number of allylic oxidation sites excluding steroid dienone is 3. The topological polar surface area (TPSA) is 83.2 Å². The highest BCUT2D eigenvalue weighted by molar-refractivity contribution is 7.83. The van der Waals surface area contributed by atoms with Crippen LogP contribution in [0.15, 0.2) is 121 Å². The predicted octanol–water partition coefficient (Wildman–Crippen LogP) is 6.53. The number of amides is 2. The zero-order chi connectivity index (χ0) is 27.6. The van der Waals surface area contributed by atoms with Gasteiger partial charge in [0.15, 0.2) is 0 Å². The van der Waals surface area contributed by atoms with Crippen molar-refractivity contribution in [3.63, 3.8) is 0 Å². The van der Waals surface area contributed by atoms with E-state index in [0.29, 0.717) is 23.5 Å². The Bertz CT molecular complexity index is 1500. The maximum atomic E-state index is 13.3. The standard InChI is InChI=1S/C32H29N3O3S/c1-3-4-10-26(21-39)34-31(36)25-13-11-22(12-14-25)20-33-32(37)30-28(23-15-17-27(38-2)18-16-23)19-29(35-30)24-8-6-5-7-9-24/h3-19,21,35,39H,1,20H2,2H3,(H,33,37)(H,34,36)/b10-4-,26-21-. The van der Waals surface area contributed by atoms with Gasteiger partial charge in [0.05, 0.1) is 7.11 Å². The van der Waals surface area contributed by atoms with Gasteiger partial charge in [-0.25, -0.2) is 0 Å². The van der Waals surface area contributed by atoms with Gasteiger partial charge in [-0.15, -0.1) is 12.6 Å². The third-order valence-electron chi connectivity index (χ3n) is 6.01. The first-order chi connectivity index (χ1) is 19.0. The lowest BCUT2D eigenvalue weighted by molar-refractivity contribution is 0.0943. The highest BCUT2D eigenvalue weighted by atomic mass is 32.1. The van der Waals surface area contributed by atoms with Gasteiger partial charge < -0.3 is 20.4 Å². The monoisotopic (exact) mass is 535 g/mol. The summed E-state index contributed by atoms with van der Waals surface area (Å²) in [5.41, 5.74) is 5.88. The van der Waals surface area contributed by atoms with E-state index < -0.39 is 0 Å². The van der Waals surface area contributed by atoms with Gasteiger partial charge in [0.25, 0.3) is 11.8 Å². The number of aromatic nitrogens is 1. The van der Waals surface area contributed by atoms with Gasteiger partial charge in [0.1, 0.15) is 11.4 Å². The molecule has 0 spiro atoms. The number of methoxy groups -OCH3 is 1. The van der Waals surface area contributed by atoms with E-state index in [1.165, 1.54) is 5.41 Å². The SMILES string of the molecule is C=C/C=C\C(=C\S)NC(=O)c1ccc(CNC(=O)c2[nH]c(-c3ccccc3)cc2-c2ccc(OC)cc2)cc1. The second-order valence-electron chi connectivity index (χ2n) is 8.58. The van der Waals surface area contributed by atoms with Gasteiger partial charge in [-0.05, 0) is 58.5 Å². The molecule has 3 N–H and O–H groups in total. The normalized spacial score (nSPS) is 11.3. The Balaban J connectivity index is 1.49. The lowest BCUT2D eigenvalue weighted by atomic mass is 10.0. The van der Waals surface area contributed by atoms with Crippen molar-refractivity contribution in [2.24, 2.45) is 0 Å². The van der Waals surface area contributed by atoms with Crippen LogP contribution in [0.3, 0.4) is 0 Å². The summed E-state index contributed by atoms with van der Waals surface area (Å²) in [5.74, 6) is 0.248. The fourth-order valence-electron chi connectivity index (χ4n) is 3.94. The summed E-state index contributed by atoms with van der Waals surface area (Å²) >= 11 is 4.12. The van der Waals surface area contributed by atoms with Crippen LogP contribution in [0.4, 0.5) is 0 Å². The molecule has 4 aromatic rings. The number of benzene rings is 3. The van der Waals surface area contributed by atoms with E-state index in [4.69, 9.17) is 4.74 Å². The molecular formula is C32H29N3O3S. The molecule has 196 valence electrons. The highest BCUT2D eigenvalue weighted by Crippen LogP contribution is 2.31. The molecule has 0 saturated heterocycles. The van der Waals surface area contributed by atoms with Crippen LogP contribution in [-0.2, 0) is 6.54 Å². The molecule has 4 rings (SSSR count). The minimum Gasteiger partial charge on any atom is -0.497 e. The summed E-state index contributed by atoms with van der Waals surface area (Å²) < 4.78 is 5.28. The molecule has 0 fully saturated rings. The number of nitrogens with one attached hydrogen (secondary N) is 3. The molecule has 0 unspecified atom stereocenters. The number of thiol groups is 1. The molecule has 1 aromatic heterocycles. The minimum atomic E-state index is -0.261. The van der Waals surface area contributed by atoms with Crippen LogP contribution in [0.1, 0.15) is 26.4 Å². The summed E-state index contributed by atoms with van der Waals surface area (Å²) in [4.78, 5) is 29.2. The first-order valence-electron chi connectivity index (χ1n) is 12.3. The number of aromatic amines is 1. The molecule has 0 saturated carbocycles. The Morgan fingerprint density at radius 2 is 1.67 bits per heavy atom. The van der Waals surface area contributed by atoms with Crippen LogP contribution >= 0.6 is 12.6 Å². The van der Waals surface area contributed by atoms with Crippen molar-refractivity contribution >= 4 is 24.4 Å². The maximum absolute atomic E-state index is 13.3. The summed E-state index contributed by atoms with van der Waals surface area (Å²) in [7, 11) is 1.62. The van der Waals surface area contributed by atoms with E-state index in [0.717, 1.165) is 33.7 Å². The Hall–Kier alpha value is -4.75. The smallest absolute Gasteiger partial charge is 0.268 e. The van der Waals surface area contributed by atoms with E-state index in [1.54, 1.807) is 37.5 Å². The second-order valence-corrected chi connectivity index (χ2v) is 8.84. The Morgan fingerprint density at radius 3 is 2.31 bits per heavy atom. The molecule has 0 atom stereocenters. The molecule has 2 amide bonds. The van der Waals surface area contributed by atoms with Crippen LogP contribution in [0.25, 0.3) is 22.4 Å². The number of ether oxygens (including phenoxy) is 1. The number of H-pyrrole nitrogens is 1. The Labute approximate surface area is 233 Å². The van der Waals surface area contributed by atoms with Crippen LogP contribution in [0.5, 0.6) is 5.75 Å². The maximum Gasteiger partial charge on any atom is 0.268 e. The summed E-state index contributed by atoms with van der Waals surface area (Å²) in [6.45, 7) is 3.91. The van der Waals surface area contributed by atoms with E-state index in [2.05, 4.69) is 34.8 Å². The number of rotatable bonds is 10. The molecule has 6 nitrogen and oxygen atoms in total. The molecule has 39 heavy (non-hydrogen) atoms. The van der Waals surface area contributed by atoms with Gasteiger partial charge in [0.2, 0.25) is 0 Å². The van der Waals surface area contributed by atoms with Crippen molar-refractivity contribution in [2.45, 2.75) is 6.54 Å². The molecule has 3 aromatic carbocycles. The van der Waals surface area contributed by atoms with Crippen LogP contribution in [0.2, 0.25) is 0 Å². The Morgan fingerprint density at radius 1 is 0.949 bits per heavy atom. The van der Waals surface area contributed by atoms with Crippen molar-refractivity contribution < 1.29 is 14.3 Å². The summed E-state index contributed by atoms with van der Waals surface area (Å²) in [6.07, 6.45) is 5.02. The van der Waals surface area contributed by atoms with Crippen molar-refractivity contribution in [3.05, 3.63) is 138 Å². The van der Waals surface area contributed by atoms with Crippen molar-refractivity contribution in [2.75, 3.05) is 7.11 Å². The van der Waals surface area contributed by atoms with Crippen LogP contribution < -0.4 is 15.4 Å². The average Bonchev–Trinajstić information content (AvgIpc) is 3.44. The Kier molecular flexibility index (Phi) is 9.21. The first kappa shape index (κ1) is 27.3. The summed E-state index contributed by atoms with van der Waals surface area (Å²) in [5, 5.41) is 7.28. The van der Waals surface area contributed by atoms with Crippen LogP contribution in [0, 0.1) is 0 Å². The number of hydrogen-bond donors (Lipinski definition) is 4. The molecule has 7 heteroatoms. The first-order valence-corrected chi connectivity index (χ1v) is 12.8. The molecule has 0 radical (unpaired) electrons. The molecule has 1 heterocycles. The second kappa shape index (κ2) is 13.2. The molecular weight excluding hydrogens is 506 g/mol. The fourth-order valence-corrected chi connectivity index (χ4v) is 4.09. The molecule has 0 aliphatic carbocycles. The number of carbonyl (C=O) groups excluding carboxylic acids is 2. The van der Waals surface area contributed by atoms with Gasteiger partial charge in [-0.3, -0.25) is 9.59 Å². The molecule has 0 aliphatic heterocycles. The van der Waals surface area contributed by atoms with E-state index in [9.17, 15) is 9.59 Å². The van der Waals surface area contributed by atoms with E-state index in [1.807, 2.05) is 72.8 Å². The third kappa shape index (κ3) is 6.97. The third-order valence-corrected chi connectivity index (χ3v) is 6.29. The average molecular weight is 536 g/mol. The molecule has 0 bridgehead atoms. The molecule has 0 aliphatic rings. The largest absolute Gasteiger partial charge is 0.497 e. The van der Waals surface area contributed by atoms with E-state index in [-0.39, 0.29) is 11.8 Å². The number of hydrogen-bond acceptors (Lipinski definition) is 4. The van der Waals surface area contributed by atoms with Crippen molar-refractivity contribution in [3.8, 4) is 28.1 Å². The lowest BCUT2D eigenvalue weighted by Crippen LogP contribution is -2.24. The van der Waals surface area contributed by atoms with Crippen LogP contribution in [-0.4, -0.2) is 23.9 Å². The number of carbonyl (C=O) groups is 2. The predicted molar refractivity (Wildman–Crippen MR) is 160 cm³/mol. The fraction of sp³-hybridized carbons (Fsp3) is 0.0625. The summed E-state index contributed by atoms with van der Waals surface area (Å²) in [6, 6.07) is 26.5. The van der Waals surface area contributed by atoms with Gasteiger partial charge in [0, 0.05) is 29.1 Å². The quantitative estimate of drug-likeness (QED) is 0.138. The lowest BCUT2D eigenvalue weighted by Gasteiger charge is -2.09. The van der Waals surface area contributed by atoms with Gasteiger partial charge in [-0.2, -0.15) is 0 Å². The van der Waals surface area contributed by atoms with E-state index >= 15 is 0 Å². The highest BCUT2D eigenvalue weighted by Gasteiger charge is 2.18. The van der Waals surface area contributed by atoms with Crippen molar-refractivity contribution in [1.29, 1.82) is 0 Å². The zero-order valence-electron chi connectivity index (χ0n) is 21.5. The minimum absolute atomic E-state index is 0.234. The van der Waals surface area contributed by atoms with Crippen molar-refractivity contribution in [1.82, 2.24) is 15.6 Å². The van der Waals surface area contributed by atoms with Gasteiger partial charge >= 0.3 is 0 Å². The zero-order valence-corrected chi connectivity index (χ0v) is 22.4.